The van der Waals surface area contributed by atoms with Gasteiger partial charge in [-0.1, -0.05) is 65.4 Å². The second kappa shape index (κ2) is 8.92. The molecule has 100 valence electrons. The lowest BCUT2D eigenvalue weighted by atomic mass is 9.93. The number of amides is 1. The van der Waals surface area contributed by atoms with Gasteiger partial charge in [-0.05, 0) is 32.3 Å². The Bertz CT molecular complexity index is 380. The highest BCUT2D eigenvalue weighted by Gasteiger charge is 2.34. The summed E-state index contributed by atoms with van der Waals surface area (Å²) in [6, 6.07) is 0. The quantitative estimate of drug-likeness (QED) is 0.559. The minimum atomic E-state index is -0.826. The van der Waals surface area contributed by atoms with Crippen LogP contribution in [-0.4, -0.2) is 10.2 Å². The van der Waals surface area contributed by atoms with Crippen molar-refractivity contribution in [2.75, 3.05) is 0 Å². The van der Waals surface area contributed by atoms with Gasteiger partial charge in [-0.25, -0.2) is 0 Å². The molecule has 0 aromatic rings. The largest absolute Gasteiger partial charge is 0.368 e. The van der Waals surface area contributed by atoms with Crippen LogP contribution in [0.2, 0.25) is 0 Å². The van der Waals surface area contributed by atoms with E-state index in [9.17, 15) is 4.79 Å². The van der Waals surface area contributed by atoms with E-state index in [0.717, 1.165) is 12.0 Å². The first-order valence-electron chi connectivity index (χ1n) is 6.12. The summed E-state index contributed by atoms with van der Waals surface area (Å²) in [5, 5.41) is 0. The molecule has 0 radical (unpaired) electrons. The van der Waals surface area contributed by atoms with Crippen molar-refractivity contribution in [1.29, 1.82) is 0 Å². The lowest BCUT2D eigenvalue weighted by molar-refractivity contribution is -0.119. The van der Waals surface area contributed by atoms with Gasteiger partial charge in [0.15, 0.2) is 0 Å². The molecular weight excluding hydrogens is 290 g/mol. The number of rotatable bonds is 7. The topological polar surface area (TPSA) is 43.1 Å². The van der Waals surface area contributed by atoms with Crippen molar-refractivity contribution in [3.63, 3.8) is 0 Å². The number of allylic oxidation sites excluding steroid dienone is 7. The van der Waals surface area contributed by atoms with Crippen LogP contribution in [0, 0.1) is 0 Å². The summed E-state index contributed by atoms with van der Waals surface area (Å²) in [7, 11) is 0. The van der Waals surface area contributed by atoms with E-state index in [0.29, 0.717) is 6.42 Å². The van der Waals surface area contributed by atoms with Crippen LogP contribution in [0.5, 0.6) is 0 Å². The monoisotopic (exact) mass is 311 g/mol. The standard InChI is InChI=1S/C15H22BrNO/c1-4-7-8-9-12-15(16,14(17)18)13(10-5-2)11-6-3/h4-5,7-11H,6,12H2,1-3H3,(H2,17,18)/b7-4-,9-8-,10-5-,13-11+. The maximum absolute atomic E-state index is 11.7. The van der Waals surface area contributed by atoms with Gasteiger partial charge in [0.25, 0.3) is 0 Å². The van der Waals surface area contributed by atoms with E-state index < -0.39 is 4.32 Å². The summed E-state index contributed by atoms with van der Waals surface area (Å²) in [5.41, 5.74) is 6.44. The van der Waals surface area contributed by atoms with Crippen molar-refractivity contribution in [3.8, 4) is 0 Å². The molecule has 0 aliphatic carbocycles. The third-order valence-corrected chi connectivity index (χ3v) is 3.63. The van der Waals surface area contributed by atoms with E-state index in [1.165, 1.54) is 0 Å². The Balaban J connectivity index is 5.23. The highest BCUT2D eigenvalue weighted by molar-refractivity contribution is 9.10. The third-order valence-electron chi connectivity index (χ3n) is 2.46. The van der Waals surface area contributed by atoms with Gasteiger partial charge in [0.1, 0.15) is 4.32 Å². The fourth-order valence-electron chi connectivity index (χ4n) is 1.54. The van der Waals surface area contributed by atoms with Gasteiger partial charge in [-0.3, -0.25) is 4.79 Å². The Morgan fingerprint density at radius 2 is 1.94 bits per heavy atom. The maximum atomic E-state index is 11.7. The van der Waals surface area contributed by atoms with Crippen molar-refractivity contribution in [2.24, 2.45) is 5.73 Å². The second-order valence-corrected chi connectivity index (χ2v) is 5.24. The fourth-order valence-corrected chi connectivity index (χ4v) is 2.02. The molecule has 0 spiro atoms. The van der Waals surface area contributed by atoms with Crippen molar-refractivity contribution < 1.29 is 4.79 Å². The first kappa shape index (κ1) is 16.9. The number of alkyl halides is 1. The lowest BCUT2D eigenvalue weighted by Gasteiger charge is -2.24. The van der Waals surface area contributed by atoms with Gasteiger partial charge >= 0.3 is 0 Å². The van der Waals surface area contributed by atoms with E-state index in [1.807, 2.05) is 63.3 Å². The molecule has 0 fully saturated rings. The number of carbonyl (C=O) groups is 1. The molecule has 0 heterocycles. The number of hydrogen-bond donors (Lipinski definition) is 1. The highest BCUT2D eigenvalue weighted by atomic mass is 79.9. The number of carbonyl (C=O) groups excluding carboxylic acids is 1. The summed E-state index contributed by atoms with van der Waals surface area (Å²) < 4.78 is -0.826. The zero-order valence-corrected chi connectivity index (χ0v) is 12.9. The molecular formula is C15H22BrNO. The van der Waals surface area contributed by atoms with Crippen molar-refractivity contribution in [3.05, 3.63) is 48.1 Å². The molecule has 1 atom stereocenters. The Labute approximate surface area is 118 Å². The number of hydrogen-bond acceptors (Lipinski definition) is 1. The highest BCUT2D eigenvalue weighted by Crippen LogP contribution is 2.33. The summed E-state index contributed by atoms with van der Waals surface area (Å²) in [5.74, 6) is -0.370. The van der Waals surface area contributed by atoms with Gasteiger partial charge < -0.3 is 5.73 Å². The molecule has 1 amide bonds. The van der Waals surface area contributed by atoms with Gasteiger partial charge in [-0.15, -0.1) is 0 Å². The molecule has 0 aliphatic rings. The summed E-state index contributed by atoms with van der Waals surface area (Å²) in [6.45, 7) is 5.91. The molecule has 0 bridgehead atoms. The smallest absolute Gasteiger partial charge is 0.239 e. The molecule has 0 aromatic carbocycles. The number of halogens is 1. The Morgan fingerprint density at radius 1 is 1.28 bits per heavy atom. The molecule has 2 nitrogen and oxygen atoms in total. The maximum Gasteiger partial charge on any atom is 0.239 e. The lowest BCUT2D eigenvalue weighted by Crippen LogP contribution is -2.39. The van der Waals surface area contributed by atoms with Crippen LogP contribution in [0.15, 0.2) is 48.1 Å². The third kappa shape index (κ3) is 5.05. The average molecular weight is 312 g/mol. The zero-order chi connectivity index (χ0) is 14.0. The first-order chi connectivity index (χ1) is 8.52. The normalized spacial score (nSPS) is 16.8. The SMILES string of the molecule is C/C=C\C=C/CC(Br)(C(N)=O)C(/C=C\C)=C/CC. The van der Waals surface area contributed by atoms with Gasteiger partial charge in [0.05, 0.1) is 0 Å². The van der Waals surface area contributed by atoms with Crippen molar-refractivity contribution in [2.45, 2.75) is 37.9 Å². The van der Waals surface area contributed by atoms with Crippen LogP contribution in [0.4, 0.5) is 0 Å². The molecule has 0 aromatic heterocycles. The van der Waals surface area contributed by atoms with E-state index >= 15 is 0 Å². The second-order valence-electron chi connectivity index (χ2n) is 3.89. The van der Waals surface area contributed by atoms with Crippen LogP contribution in [-0.2, 0) is 4.79 Å². The van der Waals surface area contributed by atoms with Crippen LogP contribution < -0.4 is 5.73 Å². The molecule has 0 saturated heterocycles. The summed E-state index contributed by atoms with van der Waals surface area (Å²) in [6.07, 6.45) is 15.0. The minimum Gasteiger partial charge on any atom is -0.368 e. The van der Waals surface area contributed by atoms with E-state index in [2.05, 4.69) is 15.9 Å². The molecule has 18 heavy (non-hydrogen) atoms. The number of primary amides is 1. The van der Waals surface area contributed by atoms with Crippen molar-refractivity contribution >= 4 is 21.8 Å². The van der Waals surface area contributed by atoms with Crippen LogP contribution in [0.3, 0.4) is 0 Å². The zero-order valence-electron chi connectivity index (χ0n) is 11.3. The Hall–Kier alpha value is -1.09. The predicted octanol–water partition coefficient (Wildman–Crippen LogP) is 4.04. The Kier molecular flexibility index (Phi) is 8.38. The molecule has 0 rings (SSSR count). The number of nitrogens with two attached hydrogens (primary N) is 1. The molecule has 3 heteroatoms. The predicted molar refractivity (Wildman–Crippen MR) is 82.6 cm³/mol. The van der Waals surface area contributed by atoms with Gasteiger partial charge in [0.2, 0.25) is 5.91 Å². The Morgan fingerprint density at radius 3 is 2.39 bits per heavy atom. The molecule has 2 N–H and O–H groups in total. The molecule has 0 aliphatic heterocycles. The molecule has 0 saturated carbocycles. The van der Waals surface area contributed by atoms with Gasteiger partial charge in [0, 0.05) is 0 Å². The van der Waals surface area contributed by atoms with E-state index in [1.54, 1.807) is 0 Å². The van der Waals surface area contributed by atoms with Crippen LogP contribution in [0.1, 0.15) is 33.6 Å². The van der Waals surface area contributed by atoms with Gasteiger partial charge in [-0.2, -0.15) is 0 Å². The van der Waals surface area contributed by atoms with Crippen molar-refractivity contribution in [1.82, 2.24) is 0 Å². The average Bonchev–Trinajstić information content (AvgIpc) is 2.34. The minimum absolute atomic E-state index is 0.370. The summed E-state index contributed by atoms with van der Waals surface area (Å²) in [4.78, 5) is 11.7. The first-order valence-corrected chi connectivity index (χ1v) is 6.92. The van der Waals surface area contributed by atoms with Crippen LogP contribution in [0.25, 0.3) is 0 Å². The van der Waals surface area contributed by atoms with E-state index in [-0.39, 0.29) is 5.91 Å². The summed E-state index contributed by atoms with van der Waals surface area (Å²) >= 11 is 3.50. The van der Waals surface area contributed by atoms with Crippen LogP contribution >= 0.6 is 15.9 Å². The molecule has 1 unspecified atom stereocenters. The van der Waals surface area contributed by atoms with E-state index in [4.69, 9.17) is 5.73 Å². The fraction of sp³-hybridized carbons (Fsp3) is 0.400.